The van der Waals surface area contributed by atoms with Crippen molar-refractivity contribution in [3.05, 3.63) is 35.4 Å². The van der Waals surface area contributed by atoms with E-state index in [9.17, 15) is 4.79 Å². The second-order valence-electron chi connectivity index (χ2n) is 5.64. The molecule has 0 heterocycles. The van der Waals surface area contributed by atoms with Gasteiger partial charge in [-0.3, -0.25) is 4.79 Å². The van der Waals surface area contributed by atoms with Gasteiger partial charge in [-0.1, -0.05) is 45.0 Å². The smallest absolute Gasteiger partial charge is 0.223 e. The van der Waals surface area contributed by atoms with Crippen molar-refractivity contribution in [3.8, 4) is 0 Å². The van der Waals surface area contributed by atoms with Crippen LogP contribution in [0.3, 0.4) is 0 Å². The van der Waals surface area contributed by atoms with Gasteiger partial charge in [-0.05, 0) is 16.5 Å². The third-order valence-corrected chi connectivity index (χ3v) is 3.16. The molecule has 3 heteroatoms. The lowest BCUT2D eigenvalue weighted by Gasteiger charge is -2.20. The minimum atomic E-state index is 0.0879. The Morgan fingerprint density at radius 3 is 2.22 bits per heavy atom. The van der Waals surface area contributed by atoms with Gasteiger partial charge in [0.25, 0.3) is 0 Å². The van der Waals surface area contributed by atoms with Crippen LogP contribution in [-0.4, -0.2) is 23.7 Å². The van der Waals surface area contributed by atoms with Gasteiger partial charge in [-0.2, -0.15) is 0 Å². The lowest BCUT2D eigenvalue weighted by Crippen LogP contribution is -2.26. The van der Waals surface area contributed by atoms with Crippen LogP contribution in [0.4, 0.5) is 0 Å². The number of nitrogens with zero attached hydrogens (tertiary/aromatic N) is 1. The molecule has 0 saturated carbocycles. The van der Waals surface area contributed by atoms with Gasteiger partial charge in [-0.25, -0.2) is 0 Å². The summed E-state index contributed by atoms with van der Waals surface area (Å²) in [4.78, 5) is 13.3. The van der Waals surface area contributed by atoms with E-state index in [0.717, 1.165) is 5.56 Å². The Hall–Kier alpha value is -1.02. The zero-order chi connectivity index (χ0) is 13.8. The lowest BCUT2D eigenvalue weighted by atomic mass is 9.87. The predicted molar refractivity (Wildman–Crippen MR) is 77.0 cm³/mol. The first-order valence-electron chi connectivity index (χ1n) is 6.24. The molecule has 0 atom stereocenters. The fourth-order valence-electron chi connectivity index (χ4n) is 1.74. The first-order valence-corrected chi connectivity index (χ1v) is 6.77. The van der Waals surface area contributed by atoms with Crippen molar-refractivity contribution in [3.63, 3.8) is 0 Å². The normalized spacial score (nSPS) is 11.4. The quantitative estimate of drug-likeness (QED) is 0.764. The standard InChI is InChI=1S/C15H22ClNO/c1-15(2,3)13-7-5-12(6-8-13)11-17(4)14(18)9-10-16/h5-8H,9-11H2,1-4H3. The van der Waals surface area contributed by atoms with Crippen molar-refractivity contribution in [1.82, 2.24) is 4.90 Å². The van der Waals surface area contributed by atoms with Gasteiger partial charge in [-0.15, -0.1) is 11.6 Å². The third-order valence-electron chi connectivity index (χ3n) is 2.97. The summed E-state index contributed by atoms with van der Waals surface area (Å²) in [6, 6.07) is 8.44. The molecule has 0 saturated heterocycles. The molecule has 1 rings (SSSR count). The Bertz CT molecular complexity index is 392. The Morgan fingerprint density at radius 2 is 1.78 bits per heavy atom. The molecule has 1 amide bonds. The summed E-state index contributed by atoms with van der Waals surface area (Å²) in [5.74, 6) is 0.469. The van der Waals surface area contributed by atoms with Crippen molar-refractivity contribution in [2.75, 3.05) is 12.9 Å². The van der Waals surface area contributed by atoms with Crippen LogP contribution in [-0.2, 0) is 16.8 Å². The van der Waals surface area contributed by atoms with Gasteiger partial charge in [0.15, 0.2) is 0 Å². The van der Waals surface area contributed by atoms with Crippen LogP contribution < -0.4 is 0 Å². The molecule has 1 aromatic carbocycles. The van der Waals surface area contributed by atoms with Crippen LogP contribution in [0.1, 0.15) is 38.3 Å². The zero-order valence-corrected chi connectivity index (χ0v) is 12.4. The first kappa shape index (κ1) is 15.0. The highest BCUT2D eigenvalue weighted by Gasteiger charge is 2.13. The molecule has 0 aromatic heterocycles. The summed E-state index contributed by atoms with van der Waals surface area (Å²) in [7, 11) is 1.81. The molecule has 0 radical (unpaired) electrons. The van der Waals surface area contributed by atoms with E-state index in [1.807, 2.05) is 7.05 Å². The Labute approximate surface area is 115 Å². The van der Waals surface area contributed by atoms with E-state index in [1.54, 1.807) is 4.90 Å². The van der Waals surface area contributed by atoms with E-state index in [0.29, 0.717) is 18.8 Å². The van der Waals surface area contributed by atoms with E-state index in [4.69, 9.17) is 11.6 Å². The lowest BCUT2D eigenvalue weighted by molar-refractivity contribution is -0.129. The minimum absolute atomic E-state index is 0.0879. The fourth-order valence-corrected chi connectivity index (χ4v) is 1.91. The van der Waals surface area contributed by atoms with Crippen LogP contribution in [0.5, 0.6) is 0 Å². The molecule has 0 aliphatic carbocycles. The molecule has 0 aliphatic heterocycles. The van der Waals surface area contributed by atoms with Gasteiger partial charge >= 0.3 is 0 Å². The summed E-state index contributed by atoms with van der Waals surface area (Å²) in [5.41, 5.74) is 2.62. The second-order valence-corrected chi connectivity index (χ2v) is 6.01. The SMILES string of the molecule is CN(Cc1ccc(C(C)(C)C)cc1)C(=O)CCCl. The average molecular weight is 268 g/mol. The van der Waals surface area contributed by atoms with Gasteiger partial charge < -0.3 is 4.90 Å². The summed E-state index contributed by atoms with van der Waals surface area (Å²) in [6.45, 7) is 7.22. The number of carbonyl (C=O) groups is 1. The van der Waals surface area contributed by atoms with Crippen LogP contribution in [0.2, 0.25) is 0 Å². The number of benzene rings is 1. The number of rotatable bonds is 4. The van der Waals surface area contributed by atoms with Gasteiger partial charge in [0.05, 0.1) is 0 Å². The van der Waals surface area contributed by atoms with Crippen molar-refractivity contribution in [2.45, 2.75) is 39.2 Å². The minimum Gasteiger partial charge on any atom is -0.341 e. The second kappa shape index (κ2) is 6.24. The maximum absolute atomic E-state index is 11.6. The molecule has 2 nitrogen and oxygen atoms in total. The number of hydrogen-bond acceptors (Lipinski definition) is 1. The van der Waals surface area contributed by atoms with Crippen molar-refractivity contribution < 1.29 is 4.79 Å². The summed E-state index contributed by atoms with van der Waals surface area (Å²) in [6.07, 6.45) is 0.401. The number of carbonyl (C=O) groups excluding carboxylic acids is 1. The maximum atomic E-state index is 11.6. The predicted octanol–water partition coefficient (Wildman–Crippen LogP) is 3.57. The summed E-state index contributed by atoms with van der Waals surface area (Å²) >= 11 is 5.57. The molecule has 0 unspecified atom stereocenters. The van der Waals surface area contributed by atoms with Crippen molar-refractivity contribution in [2.24, 2.45) is 0 Å². The van der Waals surface area contributed by atoms with Crippen molar-refractivity contribution >= 4 is 17.5 Å². The van der Waals surface area contributed by atoms with Crippen LogP contribution in [0.15, 0.2) is 24.3 Å². The van der Waals surface area contributed by atoms with Crippen LogP contribution in [0.25, 0.3) is 0 Å². The van der Waals surface area contributed by atoms with Gasteiger partial charge in [0, 0.05) is 25.9 Å². The largest absolute Gasteiger partial charge is 0.341 e. The summed E-state index contributed by atoms with van der Waals surface area (Å²) < 4.78 is 0. The molecule has 0 fully saturated rings. The van der Waals surface area contributed by atoms with E-state index in [2.05, 4.69) is 45.0 Å². The number of alkyl halides is 1. The average Bonchev–Trinajstić information content (AvgIpc) is 2.28. The van der Waals surface area contributed by atoms with Crippen LogP contribution in [0, 0.1) is 0 Å². The maximum Gasteiger partial charge on any atom is 0.223 e. The molecule has 18 heavy (non-hydrogen) atoms. The number of amides is 1. The Kier molecular flexibility index (Phi) is 5.21. The highest BCUT2D eigenvalue weighted by Crippen LogP contribution is 2.22. The monoisotopic (exact) mass is 267 g/mol. The van der Waals surface area contributed by atoms with Gasteiger partial charge in [0.1, 0.15) is 0 Å². The van der Waals surface area contributed by atoms with Gasteiger partial charge in [0.2, 0.25) is 5.91 Å². The Morgan fingerprint density at radius 1 is 1.22 bits per heavy atom. The van der Waals surface area contributed by atoms with E-state index in [1.165, 1.54) is 5.56 Å². The molecule has 100 valence electrons. The molecule has 0 N–H and O–H groups in total. The van der Waals surface area contributed by atoms with E-state index in [-0.39, 0.29) is 11.3 Å². The molecular weight excluding hydrogens is 246 g/mol. The molecule has 1 aromatic rings. The molecule has 0 bridgehead atoms. The summed E-state index contributed by atoms with van der Waals surface area (Å²) in [5, 5.41) is 0. The zero-order valence-electron chi connectivity index (χ0n) is 11.7. The number of hydrogen-bond donors (Lipinski definition) is 0. The molecule has 0 spiro atoms. The molecular formula is C15H22ClNO. The molecule has 0 aliphatic rings. The first-order chi connectivity index (χ1) is 8.34. The fraction of sp³-hybridized carbons (Fsp3) is 0.533. The Balaban J connectivity index is 2.67. The highest BCUT2D eigenvalue weighted by atomic mass is 35.5. The highest BCUT2D eigenvalue weighted by molar-refractivity contribution is 6.18. The van der Waals surface area contributed by atoms with Crippen LogP contribution >= 0.6 is 11.6 Å². The third kappa shape index (κ3) is 4.34. The van der Waals surface area contributed by atoms with E-state index >= 15 is 0 Å². The number of halogens is 1. The van der Waals surface area contributed by atoms with Crippen molar-refractivity contribution in [1.29, 1.82) is 0 Å². The topological polar surface area (TPSA) is 20.3 Å². The van der Waals surface area contributed by atoms with E-state index < -0.39 is 0 Å².